The number of aliphatic imine (C=N–C) groups is 1. The number of halogens is 1. The van der Waals surface area contributed by atoms with Crippen molar-refractivity contribution in [1.29, 1.82) is 0 Å². The molecule has 2 rings (SSSR count). The van der Waals surface area contributed by atoms with Gasteiger partial charge < -0.3 is 30.2 Å². The zero-order valence-electron chi connectivity index (χ0n) is 13.8. The number of hydrogen-bond acceptors (Lipinski definition) is 5. The molecular weight excluding hydrogens is 427 g/mol. The molecule has 0 saturated carbocycles. The molecule has 3 N–H and O–H groups in total. The zero-order valence-corrected chi connectivity index (χ0v) is 16.1. The zero-order chi connectivity index (χ0) is 16.7. The van der Waals surface area contributed by atoms with Crippen molar-refractivity contribution in [3.8, 4) is 11.5 Å². The number of nitrogens with one attached hydrogen (secondary N) is 1. The van der Waals surface area contributed by atoms with Gasteiger partial charge in [0.15, 0.2) is 5.96 Å². The Morgan fingerprint density at radius 2 is 2.04 bits per heavy atom. The van der Waals surface area contributed by atoms with Gasteiger partial charge in [-0.2, -0.15) is 0 Å². The van der Waals surface area contributed by atoms with Crippen molar-refractivity contribution in [3.05, 3.63) is 18.2 Å². The maximum Gasteiger partial charge on any atom is 0.244 e. The van der Waals surface area contributed by atoms with Crippen LogP contribution in [0.4, 0.5) is 5.69 Å². The van der Waals surface area contributed by atoms with Crippen LogP contribution in [-0.4, -0.2) is 63.8 Å². The number of amides is 1. The Morgan fingerprint density at radius 1 is 1.33 bits per heavy atom. The molecule has 0 aromatic heterocycles. The Bertz CT molecular complexity index is 577. The van der Waals surface area contributed by atoms with Crippen molar-refractivity contribution in [2.24, 2.45) is 10.7 Å². The molecule has 1 heterocycles. The van der Waals surface area contributed by atoms with E-state index in [4.69, 9.17) is 19.9 Å². The summed E-state index contributed by atoms with van der Waals surface area (Å²) in [6.45, 7) is 2.29. The van der Waals surface area contributed by atoms with Gasteiger partial charge in [-0.25, -0.2) is 4.99 Å². The average Bonchev–Trinajstić information content (AvgIpc) is 2.60. The number of carbonyl (C=O) groups excluding carboxylic acids is 1. The SMILES string of the molecule is COc1ccc(OC)c(NC(N)=NCC(=O)N2CCOCC2)c1.I. The predicted molar refractivity (Wildman–Crippen MR) is 102 cm³/mol. The quantitative estimate of drug-likeness (QED) is 0.393. The van der Waals surface area contributed by atoms with E-state index >= 15 is 0 Å². The van der Waals surface area contributed by atoms with E-state index < -0.39 is 0 Å². The number of anilines is 1. The number of ether oxygens (including phenoxy) is 3. The Hall–Kier alpha value is -1.75. The van der Waals surface area contributed by atoms with Crippen molar-refractivity contribution in [2.45, 2.75) is 0 Å². The minimum absolute atomic E-state index is 0. The van der Waals surface area contributed by atoms with Crippen LogP contribution in [0, 0.1) is 0 Å². The lowest BCUT2D eigenvalue weighted by atomic mass is 10.2. The molecule has 1 fully saturated rings. The topological polar surface area (TPSA) is 98.4 Å². The highest BCUT2D eigenvalue weighted by Gasteiger charge is 2.16. The highest BCUT2D eigenvalue weighted by Crippen LogP contribution is 2.28. The second-order valence-electron chi connectivity index (χ2n) is 4.89. The van der Waals surface area contributed by atoms with E-state index in [2.05, 4.69) is 10.3 Å². The Kier molecular flexibility index (Phi) is 8.61. The molecule has 1 saturated heterocycles. The molecule has 1 aromatic rings. The first kappa shape index (κ1) is 20.3. The Morgan fingerprint density at radius 3 is 2.67 bits per heavy atom. The second kappa shape index (κ2) is 10.2. The molecule has 0 radical (unpaired) electrons. The van der Waals surface area contributed by atoms with Crippen LogP contribution in [0.3, 0.4) is 0 Å². The lowest BCUT2D eigenvalue weighted by molar-refractivity contribution is -0.133. The van der Waals surface area contributed by atoms with Gasteiger partial charge in [0.25, 0.3) is 0 Å². The number of benzene rings is 1. The van der Waals surface area contributed by atoms with Gasteiger partial charge in [0.1, 0.15) is 18.0 Å². The summed E-state index contributed by atoms with van der Waals surface area (Å²) in [5, 5.41) is 2.92. The molecule has 0 atom stereocenters. The summed E-state index contributed by atoms with van der Waals surface area (Å²) in [5.74, 6) is 1.32. The third-order valence-corrected chi connectivity index (χ3v) is 3.42. The fourth-order valence-corrected chi connectivity index (χ4v) is 2.15. The van der Waals surface area contributed by atoms with Crippen LogP contribution < -0.4 is 20.5 Å². The van der Waals surface area contributed by atoms with Crippen molar-refractivity contribution in [1.82, 2.24) is 4.90 Å². The molecule has 0 aliphatic carbocycles. The van der Waals surface area contributed by atoms with Crippen molar-refractivity contribution in [3.63, 3.8) is 0 Å². The third kappa shape index (κ3) is 5.71. The maximum atomic E-state index is 12.0. The summed E-state index contributed by atoms with van der Waals surface area (Å²) >= 11 is 0. The molecule has 9 heteroatoms. The van der Waals surface area contributed by atoms with E-state index in [0.717, 1.165) is 0 Å². The summed E-state index contributed by atoms with van der Waals surface area (Å²) in [4.78, 5) is 17.8. The number of nitrogens with zero attached hydrogens (tertiary/aromatic N) is 2. The first-order valence-corrected chi connectivity index (χ1v) is 7.28. The average molecular weight is 450 g/mol. The van der Waals surface area contributed by atoms with Gasteiger partial charge in [0, 0.05) is 19.2 Å². The van der Waals surface area contributed by atoms with Gasteiger partial charge in [0.05, 0.1) is 33.1 Å². The lowest BCUT2D eigenvalue weighted by Crippen LogP contribution is -2.42. The number of hydrogen-bond donors (Lipinski definition) is 2. The normalized spacial score (nSPS) is 14.6. The molecule has 8 nitrogen and oxygen atoms in total. The monoisotopic (exact) mass is 450 g/mol. The highest BCUT2D eigenvalue weighted by molar-refractivity contribution is 14.0. The minimum Gasteiger partial charge on any atom is -0.497 e. The Labute approximate surface area is 158 Å². The fraction of sp³-hybridized carbons (Fsp3) is 0.467. The summed E-state index contributed by atoms with van der Waals surface area (Å²) in [6.07, 6.45) is 0. The van der Waals surface area contributed by atoms with E-state index in [-0.39, 0.29) is 42.4 Å². The highest BCUT2D eigenvalue weighted by atomic mass is 127. The summed E-state index contributed by atoms with van der Waals surface area (Å²) < 4.78 is 15.6. The van der Waals surface area contributed by atoms with Crippen LogP contribution in [0.1, 0.15) is 0 Å². The van der Waals surface area contributed by atoms with Crippen molar-refractivity contribution < 1.29 is 19.0 Å². The van der Waals surface area contributed by atoms with E-state index in [1.165, 1.54) is 0 Å². The van der Waals surface area contributed by atoms with E-state index in [9.17, 15) is 4.79 Å². The van der Waals surface area contributed by atoms with Crippen LogP contribution in [0.25, 0.3) is 0 Å². The van der Waals surface area contributed by atoms with Crippen LogP contribution in [0.15, 0.2) is 23.2 Å². The van der Waals surface area contributed by atoms with Gasteiger partial charge in [-0.3, -0.25) is 4.79 Å². The Balaban J connectivity index is 0.00000288. The number of rotatable bonds is 5. The van der Waals surface area contributed by atoms with Crippen LogP contribution in [0.5, 0.6) is 11.5 Å². The van der Waals surface area contributed by atoms with Crippen LogP contribution in [0.2, 0.25) is 0 Å². The first-order valence-electron chi connectivity index (χ1n) is 7.28. The van der Waals surface area contributed by atoms with E-state index in [0.29, 0.717) is 43.5 Å². The summed E-state index contributed by atoms with van der Waals surface area (Å²) in [5.41, 5.74) is 6.46. The van der Waals surface area contributed by atoms with Crippen molar-refractivity contribution in [2.75, 3.05) is 52.4 Å². The lowest BCUT2D eigenvalue weighted by Gasteiger charge is -2.26. The van der Waals surface area contributed by atoms with Crippen molar-refractivity contribution >= 4 is 41.5 Å². The second-order valence-corrected chi connectivity index (χ2v) is 4.89. The van der Waals surface area contributed by atoms with Crippen LogP contribution in [-0.2, 0) is 9.53 Å². The number of nitrogens with two attached hydrogens (primary N) is 1. The molecule has 1 amide bonds. The standard InChI is InChI=1S/C15H22N4O4.HI/c1-21-11-3-4-13(22-2)12(9-11)18-15(16)17-10-14(20)19-5-7-23-8-6-19;/h3-4,9H,5-8,10H2,1-2H3,(H3,16,17,18);1H. The number of methoxy groups -OCH3 is 2. The molecule has 1 aliphatic heterocycles. The number of guanidine groups is 1. The third-order valence-electron chi connectivity index (χ3n) is 3.42. The van der Waals surface area contributed by atoms with Gasteiger partial charge in [-0.05, 0) is 12.1 Å². The minimum atomic E-state index is -0.0735. The molecule has 0 spiro atoms. The summed E-state index contributed by atoms with van der Waals surface area (Å²) in [6, 6.07) is 5.28. The molecule has 1 aromatic carbocycles. The van der Waals surface area contributed by atoms with Crippen LogP contribution >= 0.6 is 24.0 Å². The fourth-order valence-electron chi connectivity index (χ4n) is 2.15. The largest absolute Gasteiger partial charge is 0.497 e. The molecule has 24 heavy (non-hydrogen) atoms. The molecule has 0 bridgehead atoms. The molecule has 1 aliphatic rings. The maximum absolute atomic E-state index is 12.0. The molecular formula is C15H23IN4O4. The number of carbonyl (C=O) groups is 1. The van der Waals surface area contributed by atoms with E-state index in [1.807, 2.05) is 0 Å². The predicted octanol–water partition coefficient (Wildman–Crippen LogP) is 0.907. The molecule has 134 valence electrons. The van der Waals surface area contributed by atoms with Gasteiger partial charge >= 0.3 is 0 Å². The van der Waals surface area contributed by atoms with Gasteiger partial charge in [-0.15, -0.1) is 24.0 Å². The van der Waals surface area contributed by atoms with E-state index in [1.54, 1.807) is 37.3 Å². The van der Waals surface area contributed by atoms with Gasteiger partial charge in [-0.1, -0.05) is 0 Å². The summed E-state index contributed by atoms with van der Waals surface area (Å²) in [7, 11) is 3.13. The first-order chi connectivity index (χ1) is 11.1. The number of morpholine rings is 1. The molecule has 0 unspecified atom stereocenters. The van der Waals surface area contributed by atoms with Gasteiger partial charge in [0.2, 0.25) is 5.91 Å². The smallest absolute Gasteiger partial charge is 0.244 e.